The topological polar surface area (TPSA) is 46.2 Å². The van der Waals surface area contributed by atoms with Gasteiger partial charge in [-0.2, -0.15) is 0 Å². The first-order chi connectivity index (χ1) is 9.33. The van der Waals surface area contributed by atoms with Crippen LogP contribution in [-0.4, -0.2) is 26.8 Å². The first-order valence-corrected chi connectivity index (χ1v) is 9.06. The summed E-state index contributed by atoms with van der Waals surface area (Å²) in [6, 6.07) is 6.91. The smallest absolute Gasteiger partial charge is 0.181 e. The van der Waals surface area contributed by atoms with E-state index in [-0.39, 0.29) is 10.6 Å². The molecule has 1 rings (SSSR count). The lowest BCUT2D eigenvalue weighted by Gasteiger charge is -2.15. The van der Waals surface area contributed by atoms with Crippen molar-refractivity contribution >= 4 is 21.4 Å². The molecule has 0 amide bonds. The van der Waals surface area contributed by atoms with Crippen LogP contribution in [0.2, 0.25) is 5.02 Å². The minimum absolute atomic E-state index is 0.0722. The van der Waals surface area contributed by atoms with Gasteiger partial charge in [-0.25, -0.2) is 8.42 Å². The van der Waals surface area contributed by atoms with Crippen LogP contribution < -0.4 is 5.32 Å². The molecule has 0 aliphatic heterocycles. The number of benzene rings is 1. The molecule has 3 nitrogen and oxygen atoms in total. The molecule has 0 spiro atoms. The Morgan fingerprint density at radius 1 is 1.15 bits per heavy atom. The van der Waals surface area contributed by atoms with Gasteiger partial charge in [0.2, 0.25) is 0 Å². The molecular formula is C15H24ClNO2S. The number of rotatable bonds is 8. The summed E-state index contributed by atoms with van der Waals surface area (Å²) < 4.78 is 24.4. The van der Waals surface area contributed by atoms with Gasteiger partial charge in [0.15, 0.2) is 9.84 Å². The van der Waals surface area contributed by atoms with Gasteiger partial charge < -0.3 is 5.32 Å². The van der Waals surface area contributed by atoms with E-state index in [9.17, 15) is 8.42 Å². The summed E-state index contributed by atoms with van der Waals surface area (Å²) in [6.07, 6.45) is 2.20. The molecular weight excluding hydrogens is 294 g/mol. The Kier molecular flexibility index (Phi) is 7.00. The van der Waals surface area contributed by atoms with Crippen LogP contribution in [0.25, 0.3) is 0 Å². The van der Waals surface area contributed by atoms with Crippen LogP contribution in [0.1, 0.15) is 33.6 Å². The Labute approximate surface area is 127 Å². The van der Waals surface area contributed by atoms with Gasteiger partial charge in [0.25, 0.3) is 0 Å². The molecule has 0 bridgehead atoms. The fraction of sp³-hybridized carbons (Fsp3) is 0.600. The standard InChI is InChI=1S/C15H24ClNO2S/c1-12(2)8-9-13(3)17-10-11-20(18,19)15-7-5-4-6-14(15)16/h4-7,12-13,17H,8-11H2,1-3H3. The van der Waals surface area contributed by atoms with Crippen LogP contribution in [0, 0.1) is 5.92 Å². The van der Waals surface area contributed by atoms with Crippen LogP contribution >= 0.6 is 11.6 Å². The lowest BCUT2D eigenvalue weighted by atomic mass is 10.0. The largest absolute Gasteiger partial charge is 0.313 e. The fourth-order valence-corrected chi connectivity index (χ4v) is 3.68. The average molecular weight is 318 g/mol. The Morgan fingerprint density at radius 3 is 2.40 bits per heavy atom. The highest BCUT2D eigenvalue weighted by Gasteiger charge is 2.17. The summed E-state index contributed by atoms with van der Waals surface area (Å²) in [5, 5.41) is 3.55. The average Bonchev–Trinajstić information content (AvgIpc) is 2.36. The first-order valence-electron chi connectivity index (χ1n) is 7.03. The monoisotopic (exact) mass is 317 g/mol. The quantitative estimate of drug-likeness (QED) is 0.798. The third-order valence-corrected chi connectivity index (χ3v) is 5.42. The summed E-state index contributed by atoms with van der Waals surface area (Å²) in [7, 11) is -3.31. The molecule has 1 unspecified atom stereocenters. The van der Waals surface area contributed by atoms with Crippen molar-refractivity contribution in [3.8, 4) is 0 Å². The lowest BCUT2D eigenvalue weighted by molar-refractivity contribution is 0.459. The first kappa shape index (κ1) is 17.5. The predicted octanol–water partition coefficient (Wildman–Crippen LogP) is 3.53. The van der Waals surface area contributed by atoms with Crippen molar-refractivity contribution in [3.05, 3.63) is 29.3 Å². The van der Waals surface area contributed by atoms with E-state index in [1.807, 2.05) is 0 Å². The van der Waals surface area contributed by atoms with Gasteiger partial charge >= 0.3 is 0 Å². The van der Waals surface area contributed by atoms with Crippen LogP contribution in [0.4, 0.5) is 0 Å². The van der Waals surface area contributed by atoms with Gasteiger partial charge in [0, 0.05) is 12.6 Å². The van der Waals surface area contributed by atoms with Crippen molar-refractivity contribution in [2.24, 2.45) is 5.92 Å². The molecule has 20 heavy (non-hydrogen) atoms. The van der Waals surface area contributed by atoms with Crippen molar-refractivity contribution < 1.29 is 8.42 Å². The van der Waals surface area contributed by atoms with Crippen molar-refractivity contribution in [1.29, 1.82) is 0 Å². The van der Waals surface area contributed by atoms with Gasteiger partial charge in [0.05, 0.1) is 15.7 Å². The SMILES string of the molecule is CC(C)CCC(C)NCCS(=O)(=O)c1ccccc1Cl. The number of halogens is 1. The summed E-state index contributed by atoms with van der Waals surface area (Å²) >= 11 is 5.94. The third-order valence-electron chi connectivity index (χ3n) is 3.21. The third kappa shape index (κ3) is 5.81. The normalized spacial score (nSPS) is 13.7. The van der Waals surface area contributed by atoms with Crippen molar-refractivity contribution in [1.82, 2.24) is 5.32 Å². The van der Waals surface area contributed by atoms with E-state index in [0.29, 0.717) is 23.5 Å². The maximum Gasteiger partial charge on any atom is 0.181 e. The van der Waals surface area contributed by atoms with Gasteiger partial charge in [-0.15, -0.1) is 0 Å². The molecule has 0 aliphatic carbocycles. The fourth-order valence-electron chi connectivity index (χ4n) is 1.93. The summed E-state index contributed by atoms with van der Waals surface area (Å²) in [4.78, 5) is 0.221. The Morgan fingerprint density at radius 2 is 1.80 bits per heavy atom. The molecule has 114 valence electrons. The number of nitrogens with one attached hydrogen (secondary N) is 1. The number of hydrogen-bond acceptors (Lipinski definition) is 3. The number of sulfone groups is 1. The highest BCUT2D eigenvalue weighted by molar-refractivity contribution is 7.91. The zero-order valence-electron chi connectivity index (χ0n) is 12.4. The molecule has 0 saturated carbocycles. The van der Waals surface area contributed by atoms with Crippen LogP contribution in [-0.2, 0) is 9.84 Å². The van der Waals surface area contributed by atoms with Crippen molar-refractivity contribution in [3.63, 3.8) is 0 Å². The predicted molar refractivity (Wildman–Crippen MR) is 85.0 cm³/mol. The maximum atomic E-state index is 12.2. The van der Waals surface area contributed by atoms with Gasteiger partial charge in [-0.3, -0.25) is 0 Å². The molecule has 0 radical (unpaired) electrons. The Bertz CT molecular complexity index is 514. The minimum Gasteiger partial charge on any atom is -0.313 e. The lowest BCUT2D eigenvalue weighted by Crippen LogP contribution is -2.31. The molecule has 1 aromatic rings. The molecule has 1 aromatic carbocycles. The van der Waals surface area contributed by atoms with Crippen LogP contribution in [0.15, 0.2) is 29.2 Å². The van der Waals surface area contributed by atoms with Gasteiger partial charge in [-0.1, -0.05) is 37.6 Å². The van der Waals surface area contributed by atoms with E-state index in [0.717, 1.165) is 12.8 Å². The highest BCUT2D eigenvalue weighted by atomic mass is 35.5. The molecule has 0 aromatic heterocycles. The van der Waals surface area contributed by atoms with Crippen molar-refractivity contribution in [2.45, 2.75) is 44.6 Å². The van der Waals surface area contributed by atoms with Crippen LogP contribution in [0.3, 0.4) is 0 Å². The van der Waals surface area contributed by atoms with E-state index >= 15 is 0 Å². The molecule has 0 fully saturated rings. The molecule has 0 saturated heterocycles. The van der Waals surface area contributed by atoms with E-state index in [4.69, 9.17) is 11.6 Å². The second-order valence-electron chi connectivity index (χ2n) is 5.58. The zero-order valence-corrected chi connectivity index (χ0v) is 14.0. The molecule has 1 atom stereocenters. The van der Waals surface area contributed by atoms with E-state index in [1.54, 1.807) is 24.3 Å². The summed E-state index contributed by atoms with van der Waals surface area (Å²) in [5.41, 5.74) is 0. The molecule has 1 N–H and O–H groups in total. The zero-order chi connectivity index (χ0) is 15.2. The molecule has 0 heterocycles. The molecule has 0 aliphatic rings. The van der Waals surface area contributed by atoms with E-state index in [2.05, 4.69) is 26.1 Å². The van der Waals surface area contributed by atoms with E-state index < -0.39 is 9.84 Å². The van der Waals surface area contributed by atoms with Gasteiger partial charge in [0.1, 0.15) is 0 Å². The number of hydrogen-bond donors (Lipinski definition) is 1. The second kappa shape index (κ2) is 8.01. The Balaban J connectivity index is 2.47. The Hall–Kier alpha value is -0.580. The minimum atomic E-state index is -3.31. The van der Waals surface area contributed by atoms with Crippen molar-refractivity contribution in [2.75, 3.05) is 12.3 Å². The summed E-state index contributed by atoms with van der Waals surface area (Å²) in [6.45, 7) is 6.92. The van der Waals surface area contributed by atoms with Crippen LogP contribution in [0.5, 0.6) is 0 Å². The summed E-state index contributed by atoms with van der Waals surface area (Å²) in [5.74, 6) is 0.744. The van der Waals surface area contributed by atoms with E-state index in [1.165, 1.54) is 0 Å². The second-order valence-corrected chi connectivity index (χ2v) is 8.06. The maximum absolute atomic E-state index is 12.2. The molecule has 5 heteroatoms. The highest BCUT2D eigenvalue weighted by Crippen LogP contribution is 2.21. The van der Waals surface area contributed by atoms with Gasteiger partial charge in [-0.05, 0) is 37.8 Å².